The fraction of sp³-hybridized carbons (Fsp3) is 0.867. The molecule has 2 rings (SSSR count). The van der Waals surface area contributed by atoms with Crippen molar-refractivity contribution in [1.82, 2.24) is 5.32 Å². The summed E-state index contributed by atoms with van der Waals surface area (Å²) in [6.07, 6.45) is 0.786. The van der Waals surface area contributed by atoms with Crippen molar-refractivity contribution in [2.45, 2.75) is 45.8 Å². The summed E-state index contributed by atoms with van der Waals surface area (Å²) in [6.45, 7) is 6.88. The van der Waals surface area contributed by atoms with E-state index in [0.29, 0.717) is 26.1 Å². The van der Waals surface area contributed by atoms with Crippen molar-refractivity contribution in [3.8, 4) is 0 Å². The molecule has 0 aliphatic carbocycles. The molecule has 2 fully saturated rings. The lowest BCUT2D eigenvalue weighted by atomic mass is 9.80. The molecule has 2 aliphatic rings. The number of ether oxygens (including phenoxy) is 2. The first-order valence-electron chi connectivity index (χ1n) is 7.62. The Hall–Kier alpha value is -1.14. The molecule has 2 aliphatic heterocycles. The standard InChI is InChI=1S/C15H25NO5/c1-9-10(2)21-11(3)12(9)13(17)16-8-15(14(18)19)4-6-20-7-5-15/h9-12H,4-8H2,1-3H3,(H,16,17)(H,18,19). The van der Waals surface area contributed by atoms with Crippen LogP contribution in [-0.2, 0) is 19.1 Å². The van der Waals surface area contributed by atoms with Crippen LogP contribution in [-0.4, -0.2) is 48.9 Å². The topological polar surface area (TPSA) is 84.9 Å². The SMILES string of the molecule is CC1OC(C)C(C(=O)NCC2(C(=O)O)CCOCC2)C1C. The van der Waals surface area contributed by atoms with E-state index < -0.39 is 11.4 Å². The second kappa shape index (κ2) is 6.32. The number of rotatable bonds is 4. The summed E-state index contributed by atoms with van der Waals surface area (Å²) in [4.78, 5) is 24.0. The van der Waals surface area contributed by atoms with Crippen LogP contribution in [0, 0.1) is 17.3 Å². The van der Waals surface area contributed by atoms with Crippen LogP contribution in [0.1, 0.15) is 33.6 Å². The maximum absolute atomic E-state index is 12.4. The summed E-state index contributed by atoms with van der Waals surface area (Å²) in [5.41, 5.74) is -0.897. The zero-order valence-corrected chi connectivity index (χ0v) is 12.9. The predicted octanol–water partition coefficient (Wildman–Crippen LogP) is 1.04. The first kappa shape index (κ1) is 16.2. The Labute approximate surface area is 125 Å². The summed E-state index contributed by atoms with van der Waals surface area (Å²) >= 11 is 0. The third-order valence-electron chi connectivity index (χ3n) is 5.05. The zero-order valence-electron chi connectivity index (χ0n) is 12.9. The quantitative estimate of drug-likeness (QED) is 0.810. The Bertz CT molecular complexity index is 405. The van der Waals surface area contributed by atoms with Gasteiger partial charge in [0.15, 0.2) is 0 Å². The third kappa shape index (κ3) is 3.21. The number of hydrogen-bond acceptors (Lipinski definition) is 4. The molecular formula is C15H25NO5. The average Bonchev–Trinajstić information content (AvgIpc) is 2.70. The second-order valence-electron chi connectivity index (χ2n) is 6.35. The number of nitrogens with one attached hydrogen (secondary N) is 1. The van der Waals surface area contributed by atoms with Crippen LogP contribution < -0.4 is 5.32 Å². The summed E-state index contributed by atoms with van der Waals surface area (Å²) in [6, 6.07) is 0. The van der Waals surface area contributed by atoms with Gasteiger partial charge in [0.05, 0.1) is 23.5 Å². The highest BCUT2D eigenvalue weighted by Gasteiger charge is 2.44. The van der Waals surface area contributed by atoms with Gasteiger partial charge in [-0.05, 0) is 32.6 Å². The van der Waals surface area contributed by atoms with E-state index in [2.05, 4.69) is 5.32 Å². The normalized spacial score (nSPS) is 35.4. The van der Waals surface area contributed by atoms with E-state index in [1.165, 1.54) is 0 Å². The molecule has 2 saturated heterocycles. The molecule has 4 unspecified atom stereocenters. The van der Waals surface area contributed by atoms with Crippen LogP contribution in [0.25, 0.3) is 0 Å². The molecule has 0 aromatic carbocycles. The highest BCUT2D eigenvalue weighted by Crippen LogP contribution is 2.33. The lowest BCUT2D eigenvalue weighted by Gasteiger charge is -2.33. The Morgan fingerprint density at radius 3 is 2.29 bits per heavy atom. The van der Waals surface area contributed by atoms with Gasteiger partial charge in [0.1, 0.15) is 0 Å². The molecule has 0 aromatic heterocycles. The third-order valence-corrected chi connectivity index (χ3v) is 5.05. The van der Waals surface area contributed by atoms with Crippen molar-refractivity contribution in [2.24, 2.45) is 17.3 Å². The molecule has 0 aromatic rings. The Morgan fingerprint density at radius 2 is 1.81 bits per heavy atom. The molecule has 6 heteroatoms. The smallest absolute Gasteiger partial charge is 0.311 e. The molecule has 0 bridgehead atoms. The maximum Gasteiger partial charge on any atom is 0.311 e. The van der Waals surface area contributed by atoms with Crippen LogP contribution in [0.2, 0.25) is 0 Å². The van der Waals surface area contributed by atoms with E-state index in [9.17, 15) is 14.7 Å². The summed E-state index contributed by atoms with van der Waals surface area (Å²) < 4.78 is 10.9. The molecule has 4 atom stereocenters. The van der Waals surface area contributed by atoms with Crippen LogP contribution in [0.3, 0.4) is 0 Å². The van der Waals surface area contributed by atoms with Gasteiger partial charge in [-0.25, -0.2) is 0 Å². The minimum Gasteiger partial charge on any atom is -0.481 e. The molecule has 2 heterocycles. The van der Waals surface area contributed by atoms with Crippen molar-refractivity contribution < 1.29 is 24.2 Å². The van der Waals surface area contributed by atoms with Crippen LogP contribution >= 0.6 is 0 Å². The number of hydrogen-bond donors (Lipinski definition) is 2. The molecule has 120 valence electrons. The van der Waals surface area contributed by atoms with Crippen LogP contribution in [0.4, 0.5) is 0 Å². The molecule has 0 spiro atoms. The van der Waals surface area contributed by atoms with E-state index in [1.807, 2.05) is 20.8 Å². The Balaban J connectivity index is 1.98. The van der Waals surface area contributed by atoms with Crippen molar-refractivity contribution in [3.05, 3.63) is 0 Å². The van der Waals surface area contributed by atoms with Gasteiger partial charge < -0.3 is 19.9 Å². The van der Waals surface area contributed by atoms with Gasteiger partial charge in [-0.3, -0.25) is 9.59 Å². The van der Waals surface area contributed by atoms with Crippen molar-refractivity contribution >= 4 is 11.9 Å². The van der Waals surface area contributed by atoms with E-state index in [0.717, 1.165) is 0 Å². The van der Waals surface area contributed by atoms with Gasteiger partial charge in [-0.1, -0.05) is 6.92 Å². The number of carbonyl (C=O) groups excluding carboxylic acids is 1. The predicted molar refractivity (Wildman–Crippen MR) is 75.8 cm³/mol. The van der Waals surface area contributed by atoms with Gasteiger partial charge >= 0.3 is 5.97 Å². The van der Waals surface area contributed by atoms with Gasteiger partial charge in [0.2, 0.25) is 5.91 Å². The summed E-state index contributed by atoms with van der Waals surface area (Å²) in [5.74, 6) is -1.05. The highest BCUT2D eigenvalue weighted by atomic mass is 16.5. The van der Waals surface area contributed by atoms with E-state index in [-0.39, 0.29) is 36.5 Å². The van der Waals surface area contributed by atoms with E-state index in [1.54, 1.807) is 0 Å². The fourth-order valence-corrected chi connectivity index (χ4v) is 3.32. The van der Waals surface area contributed by atoms with Crippen LogP contribution in [0.15, 0.2) is 0 Å². The average molecular weight is 299 g/mol. The molecule has 1 amide bonds. The van der Waals surface area contributed by atoms with Crippen LogP contribution in [0.5, 0.6) is 0 Å². The lowest BCUT2D eigenvalue weighted by molar-refractivity contribution is -0.154. The summed E-state index contributed by atoms with van der Waals surface area (Å²) in [7, 11) is 0. The minimum atomic E-state index is -0.897. The molecule has 6 nitrogen and oxygen atoms in total. The first-order valence-corrected chi connectivity index (χ1v) is 7.62. The number of aliphatic carboxylic acids is 1. The van der Waals surface area contributed by atoms with Crippen molar-refractivity contribution in [1.29, 1.82) is 0 Å². The number of carboxylic acid groups (broad SMARTS) is 1. The van der Waals surface area contributed by atoms with Crippen molar-refractivity contribution in [3.63, 3.8) is 0 Å². The van der Waals surface area contributed by atoms with E-state index >= 15 is 0 Å². The van der Waals surface area contributed by atoms with Gasteiger partial charge in [0, 0.05) is 19.8 Å². The van der Waals surface area contributed by atoms with Gasteiger partial charge in [-0.2, -0.15) is 0 Å². The maximum atomic E-state index is 12.4. The number of carboxylic acids is 1. The van der Waals surface area contributed by atoms with Crippen molar-refractivity contribution in [2.75, 3.05) is 19.8 Å². The monoisotopic (exact) mass is 299 g/mol. The molecule has 0 saturated carbocycles. The van der Waals surface area contributed by atoms with Gasteiger partial charge in [-0.15, -0.1) is 0 Å². The Morgan fingerprint density at radius 1 is 1.19 bits per heavy atom. The first-order chi connectivity index (χ1) is 9.87. The lowest BCUT2D eigenvalue weighted by Crippen LogP contribution is -2.48. The van der Waals surface area contributed by atoms with Gasteiger partial charge in [0.25, 0.3) is 0 Å². The fourth-order valence-electron chi connectivity index (χ4n) is 3.32. The highest BCUT2D eigenvalue weighted by molar-refractivity contribution is 5.81. The second-order valence-corrected chi connectivity index (χ2v) is 6.35. The Kier molecular flexibility index (Phi) is 4.88. The minimum absolute atomic E-state index is 0.0484. The molecule has 0 radical (unpaired) electrons. The largest absolute Gasteiger partial charge is 0.481 e. The summed E-state index contributed by atoms with van der Waals surface area (Å²) in [5, 5.41) is 12.3. The number of carbonyl (C=O) groups is 2. The molecule has 21 heavy (non-hydrogen) atoms. The number of amides is 1. The molecular weight excluding hydrogens is 274 g/mol. The molecule has 2 N–H and O–H groups in total. The van der Waals surface area contributed by atoms with E-state index in [4.69, 9.17) is 9.47 Å². The zero-order chi connectivity index (χ0) is 15.6.